The maximum absolute atomic E-state index is 13.1. The lowest BCUT2D eigenvalue weighted by molar-refractivity contribution is 0.628. The Kier molecular flexibility index (Phi) is 3.45. The average Bonchev–Trinajstić information content (AvgIpc) is 2.64. The summed E-state index contributed by atoms with van der Waals surface area (Å²) in [6.07, 6.45) is 1.93. The van der Waals surface area contributed by atoms with Crippen LogP contribution in [-0.2, 0) is 13.6 Å². The molecule has 3 nitrogen and oxygen atoms in total. The third kappa shape index (κ3) is 2.48. The molecule has 1 heterocycles. The predicted octanol–water partition coefficient (Wildman–Crippen LogP) is 2.60. The lowest BCUT2D eigenvalue weighted by Gasteiger charge is -2.02. The van der Waals surface area contributed by atoms with Crippen molar-refractivity contribution in [3.05, 3.63) is 40.8 Å². The summed E-state index contributed by atoms with van der Waals surface area (Å²) < 4.78 is 14.8. The Labute approximate surface area is 104 Å². The second-order valence-electron chi connectivity index (χ2n) is 3.84. The van der Waals surface area contributed by atoms with Gasteiger partial charge in [-0.3, -0.25) is 4.68 Å². The average molecular weight is 254 g/mol. The van der Waals surface area contributed by atoms with Crippen molar-refractivity contribution < 1.29 is 4.39 Å². The molecular weight excluding hydrogens is 241 g/mol. The first-order valence-electron chi connectivity index (χ1n) is 5.24. The number of aryl methyl sites for hydroxylation is 1. The summed E-state index contributed by atoms with van der Waals surface area (Å²) in [5.41, 5.74) is 2.70. The Morgan fingerprint density at radius 3 is 2.88 bits per heavy atom. The number of nitrogens with zero attached hydrogens (tertiary/aromatic N) is 2. The fraction of sp³-hybridized carbons (Fsp3) is 0.250. The minimum Gasteiger partial charge on any atom is -0.316 e. The molecule has 1 aromatic heterocycles. The molecule has 0 amide bonds. The van der Waals surface area contributed by atoms with E-state index in [1.54, 1.807) is 16.8 Å². The number of nitrogens with one attached hydrogen (secondary N) is 1. The molecule has 0 unspecified atom stereocenters. The van der Waals surface area contributed by atoms with Gasteiger partial charge < -0.3 is 5.32 Å². The van der Waals surface area contributed by atoms with Crippen LogP contribution in [0.25, 0.3) is 11.3 Å². The van der Waals surface area contributed by atoms with Crippen LogP contribution in [0.1, 0.15) is 5.56 Å². The van der Waals surface area contributed by atoms with E-state index >= 15 is 0 Å². The molecule has 0 saturated carbocycles. The standard InChI is InChI=1S/C12H13ClFN3/c1-15-6-9-7-17(2)16-12(9)8-3-4-11(14)10(13)5-8/h3-5,7,15H,6H2,1-2H3. The molecule has 0 fully saturated rings. The number of benzene rings is 1. The first-order valence-corrected chi connectivity index (χ1v) is 5.62. The maximum atomic E-state index is 13.1. The van der Waals surface area contributed by atoms with Gasteiger partial charge in [-0.05, 0) is 25.2 Å². The molecule has 0 radical (unpaired) electrons. The first-order chi connectivity index (χ1) is 8.11. The molecule has 2 rings (SSSR count). The van der Waals surface area contributed by atoms with Crippen LogP contribution in [0.2, 0.25) is 5.02 Å². The van der Waals surface area contributed by atoms with Gasteiger partial charge >= 0.3 is 0 Å². The van der Waals surface area contributed by atoms with Gasteiger partial charge in [0.15, 0.2) is 0 Å². The largest absolute Gasteiger partial charge is 0.316 e. The third-order valence-electron chi connectivity index (χ3n) is 2.46. The number of halogens is 2. The second kappa shape index (κ2) is 4.85. The predicted molar refractivity (Wildman–Crippen MR) is 66.4 cm³/mol. The highest BCUT2D eigenvalue weighted by Crippen LogP contribution is 2.26. The van der Waals surface area contributed by atoms with Crippen LogP contribution < -0.4 is 5.32 Å². The second-order valence-corrected chi connectivity index (χ2v) is 4.24. The molecule has 2 aromatic rings. The van der Waals surface area contributed by atoms with E-state index in [2.05, 4.69) is 10.4 Å². The molecule has 0 aliphatic rings. The lowest BCUT2D eigenvalue weighted by Crippen LogP contribution is -2.05. The van der Waals surface area contributed by atoms with E-state index in [-0.39, 0.29) is 5.02 Å². The van der Waals surface area contributed by atoms with Gasteiger partial charge in [0.05, 0.1) is 10.7 Å². The zero-order valence-electron chi connectivity index (χ0n) is 9.67. The van der Waals surface area contributed by atoms with Gasteiger partial charge in [0.1, 0.15) is 5.82 Å². The van der Waals surface area contributed by atoms with Crippen molar-refractivity contribution in [1.29, 1.82) is 0 Å². The van der Waals surface area contributed by atoms with Crippen LogP contribution in [0, 0.1) is 5.82 Å². The van der Waals surface area contributed by atoms with Crippen LogP contribution in [0.3, 0.4) is 0 Å². The van der Waals surface area contributed by atoms with E-state index in [1.807, 2.05) is 20.3 Å². The minimum absolute atomic E-state index is 0.114. The van der Waals surface area contributed by atoms with Gasteiger partial charge in [0.2, 0.25) is 0 Å². The van der Waals surface area contributed by atoms with Crippen LogP contribution >= 0.6 is 11.6 Å². The summed E-state index contributed by atoms with van der Waals surface area (Å²) in [5, 5.41) is 7.55. The van der Waals surface area contributed by atoms with E-state index in [1.165, 1.54) is 6.07 Å². The van der Waals surface area contributed by atoms with Gasteiger partial charge in [0.25, 0.3) is 0 Å². The summed E-state index contributed by atoms with van der Waals surface area (Å²) in [6, 6.07) is 4.64. The monoisotopic (exact) mass is 253 g/mol. The molecule has 0 bridgehead atoms. The van der Waals surface area contributed by atoms with Crippen LogP contribution in [0.5, 0.6) is 0 Å². The molecule has 0 aliphatic heterocycles. The lowest BCUT2D eigenvalue weighted by atomic mass is 10.1. The van der Waals surface area contributed by atoms with Gasteiger partial charge in [-0.25, -0.2) is 4.39 Å². The minimum atomic E-state index is -0.415. The molecule has 0 saturated heterocycles. The van der Waals surface area contributed by atoms with Crippen molar-refractivity contribution in [3.8, 4) is 11.3 Å². The highest BCUT2D eigenvalue weighted by atomic mass is 35.5. The Morgan fingerprint density at radius 2 is 2.24 bits per heavy atom. The van der Waals surface area contributed by atoms with E-state index in [4.69, 9.17) is 11.6 Å². The highest BCUT2D eigenvalue weighted by molar-refractivity contribution is 6.31. The van der Waals surface area contributed by atoms with Gasteiger partial charge in [-0.15, -0.1) is 0 Å². The van der Waals surface area contributed by atoms with Crippen molar-refractivity contribution in [3.63, 3.8) is 0 Å². The van der Waals surface area contributed by atoms with Crippen LogP contribution in [-0.4, -0.2) is 16.8 Å². The Balaban J connectivity index is 2.47. The molecule has 5 heteroatoms. The Morgan fingerprint density at radius 1 is 1.47 bits per heavy atom. The molecule has 0 aliphatic carbocycles. The fourth-order valence-corrected chi connectivity index (χ4v) is 1.92. The van der Waals surface area contributed by atoms with Gasteiger partial charge in [-0.1, -0.05) is 11.6 Å². The summed E-state index contributed by atoms with van der Waals surface area (Å²) in [6.45, 7) is 0.707. The highest BCUT2D eigenvalue weighted by Gasteiger charge is 2.11. The van der Waals surface area contributed by atoms with E-state index in [0.717, 1.165) is 16.8 Å². The van der Waals surface area contributed by atoms with Crippen molar-refractivity contribution >= 4 is 11.6 Å². The van der Waals surface area contributed by atoms with Crippen molar-refractivity contribution in [2.75, 3.05) is 7.05 Å². The molecule has 90 valence electrons. The van der Waals surface area contributed by atoms with E-state index in [0.29, 0.717) is 6.54 Å². The molecule has 1 N–H and O–H groups in total. The van der Waals surface area contributed by atoms with Crippen molar-refractivity contribution in [2.45, 2.75) is 6.54 Å². The fourth-order valence-electron chi connectivity index (χ4n) is 1.74. The van der Waals surface area contributed by atoms with E-state index in [9.17, 15) is 4.39 Å². The summed E-state index contributed by atoms with van der Waals surface area (Å²) in [5.74, 6) is -0.415. The number of aromatic nitrogens is 2. The zero-order valence-corrected chi connectivity index (χ0v) is 10.4. The van der Waals surface area contributed by atoms with Crippen LogP contribution in [0.4, 0.5) is 4.39 Å². The number of hydrogen-bond donors (Lipinski definition) is 1. The third-order valence-corrected chi connectivity index (χ3v) is 2.75. The molecule has 17 heavy (non-hydrogen) atoms. The number of rotatable bonds is 3. The summed E-state index contributed by atoms with van der Waals surface area (Å²) in [7, 11) is 3.72. The SMILES string of the molecule is CNCc1cn(C)nc1-c1ccc(F)c(Cl)c1. The molecule has 0 spiro atoms. The number of hydrogen-bond acceptors (Lipinski definition) is 2. The van der Waals surface area contributed by atoms with Crippen LogP contribution in [0.15, 0.2) is 24.4 Å². The molecular formula is C12H13ClFN3. The first kappa shape index (κ1) is 12.1. The quantitative estimate of drug-likeness (QED) is 0.911. The normalized spacial score (nSPS) is 10.8. The van der Waals surface area contributed by atoms with Gasteiger partial charge in [-0.2, -0.15) is 5.10 Å². The summed E-state index contributed by atoms with van der Waals surface area (Å²) >= 11 is 5.77. The van der Waals surface area contributed by atoms with Crippen molar-refractivity contribution in [2.24, 2.45) is 7.05 Å². The zero-order chi connectivity index (χ0) is 12.4. The van der Waals surface area contributed by atoms with Crippen molar-refractivity contribution in [1.82, 2.24) is 15.1 Å². The van der Waals surface area contributed by atoms with E-state index < -0.39 is 5.82 Å². The Hall–Kier alpha value is -1.39. The summed E-state index contributed by atoms with van der Waals surface area (Å²) in [4.78, 5) is 0. The topological polar surface area (TPSA) is 29.9 Å². The van der Waals surface area contributed by atoms with Gasteiger partial charge in [0, 0.05) is 30.9 Å². The molecule has 0 atom stereocenters. The smallest absolute Gasteiger partial charge is 0.141 e. The molecule has 1 aromatic carbocycles. The Bertz CT molecular complexity index is 537. The maximum Gasteiger partial charge on any atom is 0.141 e.